The van der Waals surface area contributed by atoms with Crippen molar-refractivity contribution >= 4 is 11.9 Å². The topological polar surface area (TPSA) is 76.1 Å². The normalized spacial score (nSPS) is 10.8. The number of carbonyl (C=O) groups excluding carboxylic acids is 1. The van der Waals surface area contributed by atoms with E-state index >= 15 is 0 Å². The highest BCUT2D eigenvalue weighted by Gasteiger charge is 2.19. The van der Waals surface area contributed by atoms with E-state index in [0.717, 1.165) is 46.6 Å². The van der Waals surface area contributed by atoms with E-state index in [0.29, 0.717) is 31.7 Å². The Morgan fingerprint density at radius 1 is 0.714 bits per heavy atom. The van der Waals surface area contributed by atoms with E-state index in [9.17, 15) is 9.59 Å². The molecule has 6 nitrogen and oxygen atoms in total. The van der Waals surface area contributed by atoms with Gasteiger partial charge in [-0.05, 0) is 91.8 Å². The molecule has 0 heterocycles. The maximum absolute atomic E-state index is 13.6. The van der Waals surface area contributed by atoms with E-state index in [1.54, 1.807) is 0 Å². The van der Waals surface area contributed by atoms with Gasteiger partial charge in [0.15, 0.2) is 0 Å². The van der Waals surface area contributed by atoms with Crippen molar-refractivity contribution in [3.63, 3.8) is 0 Å². The Hall–Kier alpha value is -4.58. The van der Waals surface area contributed by atoms with Gasteiger partial charge in [-0.3, -0.25) is 9.59 Å². The van der Waals surface area contributed by atoms with Crippen molar-refractivity contribution in [2.75, 3.05) is 6.61 Å². The first-order valence-corrected chi connectivity index (χ1v) is 14.5. The minimum Gasteiger partial charge on any atom is -0.494 e. The van der Waals surface area contributed by atoms with E-state index in [1.165, 1.54) is 0 Å². The number of aliphatic carboxylic acids is 1. The fourth-order valence-electron chi connectivity index (χ4n) is 4.64. The molecule has 4 rings (SSSR count). The Morgan fingerprint density at radius 2 is 1.40 bits per heavy atom. The molecule has 0 fully saturated rings. The van der Waals surface area contributed by atoms with Gasteiger partial charge >= 0.3 is 5.97 Å². The summed E-state index contributed by atoms with van der Waals surface area (Å²) < 4.78 is 11.9. The molecule has 1 N–H and O–H groups in total. The molecule has 0 aromatic heterocycles. The molecule has 0 unspecified atom stereocenters. The van der Waals surface area contributed by atoms with Gasteiger partial charge in [-0.1, -0.05) is 66.7 Å². The van der Waals surface area contributed by atoms with Crippen LogP contribution < -0.4 is 9.47 Å². The average molecular weight is 566 g/mol. The fraction of sp³-hybridized carbons (Fsp3) is 0.278. The second-order valence-corrected chi connectivity index (χ2v) is 10.6. The van der Waals surface area contributed by atoms with Gasteiger partial charge in [0.05, 0.1) is 6.61 Å². The zero-order valence-electron chi connectivity index (χ0n) is 24.4. The lowest BCUT2D eigenvalue weighted by Crippen LogP contribution is -2.36. The second-order valence-electron chi connectivity index (χ2n) is 10.6. The van der Waals surface area contributed by atoms with Gasteiger partial charge in [0.2, 0.25) is 0 Å². The number of unbranched alkanes of at least 4 members (excludes halogenated alkanes) is 2. The number of amides is 1. The largest absolute Gasteiger partial charge is 0.494 e. The monoisotopic (exact) mass is 565 g/mol. The molecule has 0 bridgehead atoms. The summed E-state index contributed by atoms with van der Waals surface area (Å²) in [4.78, 5) is 26.1. The minimum absolute atomic E-state index is 0.00873. The number of benzene rings is 4. The van der Waals surface area contributed by atoms with Gasteiger partial charge in [0, 0.05) is 24.6 Å². The maximum Gasteiger partial charge on any atom is 0.303 e. The van der Waals surface area contributed by atoms with Crippen LogP contribution in [0.2, 0.25) is 0 Å². The van der Waals surface area contributed by atoms with Crippen molar-refractivity contribution in [2.45, 2.75) is 58.7 Å². The Balaban J connectivity index is 1.36. The molecule has 4 aromatic rings. The molecular weight excluding hydrogens is 526 g/mol. The Bertz CT molecular complexity index is 1430. The summed E-state index contributed by atoms with van der Waals surface area (Å²) >= 11 is 0. The summed E-state index contributed by atoms with van der Waals surface area (Å²) in [6, 6.07) is 33.6. The second kappa shape index (κ2) is 15.4. The highest BCUT2D eigenvalue weighted by Crippen LogP contribution is 2.26. The first-order valence-electron chi connectivity index (χ1n) is 14.5. The summed E-state index contributed by atoms with van der Waals surface area (Å²) in [6.45, 7) is 5.54. The van der Waals surface area contributed by atoms with E-state index in [2.05, 4.69) is 0 Å². The summed E-state index contributed by atoms with van der Waals surface area (Å²) in [5, 5.41) is 8.75. The molecule has 1 amide bonds. The molecule has 0 aliphatic rings. The zero-order chi connectivity index (χ0) is 29.7. The third-order valence-corrected chi connectivity index (χ3v) is 6.99. The zero-order valence-corrected chi connectivity index (χ0v) is 24.4. The molecule has 0 atom stereocenters. The van der Waals surface area contributed by atoms with Crippen LogP contribution in [0, 0.1) is 0 Å². The number of hydrogen-bond donors (Lipinski definition) is 1. The van der Waals surface area contributed by atoms with Gasteiger partial charge in [0.25, 0.3) is 5.91 Å². The third kappa shape index (κ3) is 9.23. The SMILES string of the molecule is CC(C)N(Cc1cccc(OCCCCCC(=O)O)c1)C(=O)c1ccc(-c2cccc(OCc3ccccc3)c2)cc1. The molecule has 218 valence electrons. The summed E-state index contributed by atoms with van der Waals surface area (Å²) in [5.41, 5.74) is 4.78. The first kappa shape index (κ1) is 30.4. The van der Waals surface area contributed by atoms with Gasteiger partial charge in [-0.25, -0.2) is 0 Å². The number of carboxylic acids is 1. The van der Waals surface area contributed by atoms with E-state index in [1.807, 2.05) is 122 Å². The Morgan fingerprint density at radius 3 is 2.12 bits per heavy atom. The van der Waals surface area contributed by atoms with Crippen molar-refractivity contribution in [2.24, 2.45) is 0 Å². The van der Waals surface area contributed by atoms with Crippen molar-refractivity contribution in [3.8, 4) is 22.6 Å². The highest BCUT2D eigenvalue weighted by molar-refractivity contribution is 5.95. The van der Waals surface area contributed by atoms with Gasteiger partial charge < -0.3 is 19.5 Å². The Kier molecular flexibility index (Phi) is 11.2. The molecule has 6 heteroatoms. The lowest BCUT2D eigenvalue weighted by Gasteiger charge is -2.27. The van der Waals surface area contributed by atoms with Gasteiger partial charge in [0.1, 0.15) is 18.1 Å². The Labute approximate surface area is 248 Å². The summed E-state index contributed by atoms with van der Waals surface area (Å²) in [5.74, 6) is 0.758. The molecule has 0 radical (unpaired) electrons. The molecule has 0 aliphatic heterocycles. The smallest absolute Gasteiger partial charge is 0.303 e. The molecular formula is C36H39NO5. The van der Waals surface area contributed by atoms with Gasteiger partial charge in [-0.15, -0.1) is 0 Å². The maximum atomic E-state index is 13.6. The van der Waals surface area contributed by atoms with E-state index in [4.69, 9.17) is 14.6 Å². The predicted molar refractivity (Wildman–Crippen MR) is 166 cm³/mol. The van der Waals surface area contributed by atoms with Crippen LogP contribution in [0.4, 0.5) is 0 Å². The average Bonchev–Trinajstić information content (AvgIpc) is 3.01. The van der Waals surface area contributed by atoms with Crippen LogP contribution in [-0.2, 0) is 17.9 Å². The van der Waals surface area contributed by atoms with Crippen molar-refractivity contribution in [3.05, 3.63) is 120 Å². The van der Waals surface area contributed by atoms with Crippen molar-refractivity contribution in [1.29, 1.82) is 0 Å². The van der Waals surface area contributed by atoms with Crippen LogP contribution in [0.3, 0.4) is 0 Å². The molecule has 0 saturated carbocycles. The lowest BCUT2D eigenvalue weighted by molar-refractivity contribution is -0.137. The van der Waals surface area contributed by atoms with Crippen LogP contribution >= 0.6 is 0 Å². The van der Waals surface area contributed by atoms with Crippen LogP contribution in [-0.4, -0.2) is 34.5 Å². The van der Waals surface area contributed by atoms with E-state index in [-0.39, 0.29) is 18.4 Å². The molecule has 42 heavy (non-hydrogen) atoms. The molecule has 0 spiro atoms. The van der Waals surface area contributed by atoms with Crippen LogP contribution in [0.25, 0.3) is 11.1 Å². The number of rotatable bonds is 15. The first-order chi connectivity index (χ1) is 20.4. The molecule has 0 saturated heterocycles. The van der Waals surface area contributed by atoms with Crippen LogP contribution in [0.5, 0.6) is 11.5 Å². The molecule has 0 aliphatic carbocycles. The quantitative estimate of drug-likeness (QED) is 0.148. The van der Waals surface area contributed by atoms with Crippen LogP contribution in [0.1, 0.15) is 61.0 Å². The minimum atomic E-state index is -0.765. The number of carbonyl (C=O) groups is 2. The highest BCUT2D eigenvalue weighted by atomic mass is 16.5. The van der Waals surface area contributed by atoms with Crippen LogP contribution in [0.15, 0.2) is 103 Å². The summed E-state index contributed by atoms with van der Waals surface area (Å²) in [7, 11) is 0. The number of nitrogens with zero attached hydrogens (tertiary/aromatic N) is 1. The third-order valence-electron chi connectivity index (χ3n) is 6.99. The van der Waals surface area contributed by atoms with Crippen molar-refractivity contribution < 1.29 is 24.2 Å². The standard InChI is InChI=1S/C36H39NO5/c1-27(2)37(25-29-13-9-15-33(23-29)41-22-8-4-7-17-35(38)39)36(40)31-20-18-30(19-21-31)32-14-10-16-34(24-32)42-26-28-11-5-3-6-12-28/h3,5-6,9-16,18-21,23-24,27H,4,7-8,17,22,25-26H2,1-2H3,(H,38,39). The summed E-state index contributed by atoms with van der Waals surface area (Å²) in [6.07, 6.45) is 2.46. The van der Waals surface area contributed by atoms with Crippen molar-refractivity contribution in [1.82, 2.24) is 4.90 Å². The fourth-order valence-corrected chi connectivity index (χ4v) is 4.64. The van der Waals surface area contributed by atoms with E-state index < -0.39 is 5.97 Å². The molecule has 4 aromatic carbocycles. The van der Waals surface area contributed by atoms with Gasteiger partial charge in [-0.2, -0.15) is 0 Å². The number of hydrogen-bond acceptors (Lipinski definition) is 4. The number of ether oxygens (including phenoxy) is 2. The lowest BCUT2D eigenvalue weighted by atomic mass is 10.0. The predicted octanol–water partition coefficient (Wildman–Crippen LogP) is 8.01. The number of carboxylic acid groups (broad SMARTS) is 1.